The van der Waals surface area contributed by atoms with Crippen LogP contribution in [0.15, 0.2) is 30.6 Å². The molecule has 0 saturated heterocycles. The Balaban J connectivity index is 1.79. The van der Waals surface area contributed by atoms with Gasteiger partial charge in [-0.3, -0.25) is 4.98 Å². The van der Waals surface area contributed by atoms with Gasteiger partial charge in [0.15, 0.2) is 0 Å². The summed E-state index contributed by atoms with van der Waals surface area (Å²) in [6.07, 6.45) is 2.61. The summed E-state index contributed by atoms with van der Waals surface area (Å²) >= 11 is 12.2. The van der Waals surface area contributed by atoms with E-state index in [0.29, 0.717) is 46.3 Å². The van der Waals surface area contributed by atoms with Crippen molar-refractivity contribution in [3.05, 3.63) is 46.3 Å². The molecule has 0 aromatic carbocycles. The van der Waals surface area contributed by atoms with Crippen LogP contribution in [0.5, 0.6) is 5.88 Å². The number of urea groups is 1. The molecule has 3 aromatic heterocycles. The van der Waals surface area contributed by atoms with Gasteiger partial charge in [0.2, 0.25) is 5.88 Å². The topological polar surface area (TPSA) is 107 Å². The zero-order valence-electron chi connectivity index (χ0n) is 17.1. The van der Waals surface area contributed by atoms with E-state index in [1.54, 1.807) is 32.5 Å². The summed E-state index contributed by atoms with van der Waals surface area (Å²) in [6, 6.07) is 4.43. The van der Waals surface area contributed by atoms with E-state index < -0.39 is 6.03 Å². The van der Waals surface area contributed by atoms with Gasteiger partial charge in [-0.2, -0.15) is 0 Å². The first kappa shape index (κ1) is 23.0. The number of nitrogens with zero attached hydrogens (tertiary/aromatic N) is 3. The van der Waals surface area contributed by atoms with Gasteiger partial charge in [-0.05, 0) is 25.1 Å². The molecule has 1 unspecified atom stereocenters. The second-order valence-electron chi connectivity index (χ2n) is 6.40. The molecule has 0 radical (unpaired) electrons. The maximum atomic E-state index is 12.6. The molecule has 0 spiro atoms. The lowest BCUT2D eigenvalue weighted by atomic mass is 10.1. The Labute approximate surface area is 189 Å². The molecule has 2 N–H and O–H groups in total. The third-order valence-corrected chi connectivity index (χ3v) is 4.80. The number of amides is 2. The van der Waals surface area contributed by atoms with Gasteiger partial charge in [-0.15, -0.1) is 0 Å². The highest BCUT2D eigenvalue weighted by atomic mass is 35.5. The minimum Gasteiger partial charge on any atom is -0.474 e. The SMILES string of the molecule is COCCOc1ncc(NC(=O)Nc2cnc3ccc(Cl)nc3c2C(C)OC)cc1Cl. The van der Waals surface area contributed by atoms with Crippen molar-refractivity contribution in [1.82, 2.24) is 15.0 Å². The second-order valence-corrected chi connectivity index (χ2v) is 7.19. The Hall–Kier alpha value is -2.72. The zero-order valence-corrected chi connectivity index (χ0v) is 18.6. The molecule has 2 amide bonds. The third kappa shape index (κ3) is 5.71. The molecule has 11 heteroatoms. The lowest BCUT2D eigenvalue weighted by Gasteiger charge is -2.18. The van der Waals surface area contributed by atoms with Crippen LogP contribution < -0.4 is 15.4 Å². The summed E-state index contributed by atoms with van der Waals surface area (Å²) < 4.78 is 15.8. The summed E-state index contributed by atoms with van der Waals surface area (Å²) in [6.45, 7) is 2.55. The summed E-state index contributed by atoms with van der Waals surface area (Å²) in [7, 11) is 3.13. The van der Waals surface area contributed by atoms with Crippen LogP contribution in [-0.2, 0) is 9.47 Å². The Bertz CT molecular complexity index is 1080. The van der Waals surface area contributed by atoms with Crippen LogP contribution in [0.1, 0.15) is 18.6 Å². The van der Waals surface area contributed by atoms with Crippen molar-refractivity contribution in [2.45, 2.75) is 13.0 Å². The molecule has 3 rings (SSSR count). The number of carbonyl (C=O) groups excluding carboxylic acids is 1. The maximum Gasteiger partial charge on any atom is 0.323 e. The minimum absolute atomic E-state index is 0.252. The van der Waals surface area contributed by atoms with Gasteiger partial charge >= 0.3 is 6.03 Å². The molecule has 9 nitrogen and oxygen atoms in total. The largest absolute Gasteiger partial charge is 0.474 e. The van der Waals surface area contributed by atoms with Gasteiger partial charge in [0.25, 0.3) is 0 Å². The van der Waals surface area contributed by atoms with Gasteiger partial charge < -0.3 is 24.8 Å². The van der Waals surface area contributed by atoms with Crippen molar-refractivity contribution in [1.29, 1.82) is 0 Å². The predicted molar refractivity (Wildman–Crippen MR) is 119 cm³/mol. The first-order chi connectivity index (χ1) is 14.9. The van der Waals surface area contributed by atoms with E-state index in [4.69, 9.17) is 37.4 Å². The van der Waals surface area contributed by atoms with E-state index in [1.807, 2.05) is 6.92 Å². The van der Waals surface area contributed by atoms with E-state index in [-0.39, 0.29) is 17.0 Å². The molecule has 3 heterocycles. The Kier molecular flexibility index (Phi) is 7.80. The summed E-state index contributed by atoms with van der Waals surface area (Å²) in [4.78, 5) is 25.4. The Morgan fingerprint density at radius 3 is 2.65 bits per heavy atom. The summed E-state index contributed by atoms with van der Waals surface area (Å²) in [5.74, 6) is 0.252. The number of halogens is 2. The molecule has 1 atom stereocenters. The van der Waals surface area contributed by atoms with Crippen molar-refractivity contribution in [3.63, 3.8) is 0 Å². The van der Waals surface area contributed by atoms with Gasteiger partial charge in [0.05, 0.1) is 47.5 Å². The summed E-state index contributed by atoms with van der Waals surface area (Å²) in [5.41, 5.74) is 2.66. The fourth-order valence-electron chi connectivity index (χ4n) is 2.80. The fourth-order valence-corrected chi connectivity index (χ4v) is 3.17. The molecule has 0 bridgehead atoms. The number of nitrogens with one attached hydrogen (secondary N) is 2. The highest BCUT2D eigenvalue weighted by molar-refractivity contribution is 6.32. The quantitative estimate of drug-likeness (QED) is 0.366. The van der Waals surface area contributed by atoms with E-state index in [1.165, 1.54) is 12.3 Å². The first-order valence-corrected chi connectivity index (χ1v) is 10.0. The molecular weight excluding hydrogens is 445 g/mol. The van der Waals surface area contributed by atoms with Crippen molar-refractivity contribution < 1.29 is 19.0 Å². The lowest BCUT2D eigenvalue weighted by molar-refractivity contribution is 0.121. The van der Waals surface area contributed by atoms with Crippen molar-refractivity contribution in [2.75, 3.05) is 38.1 Å². The highest BCUT2D eigenvalue weighted by Crippen LogP contribution is 2.32. The number of ether oxygens (including phenoxy) is 3. The molecule has 3 aromatic rings. The lowest BCUT2D eigenvalue weighted by Crippen LogP contribution is -2.21. The van der Waals surface area contributed by atoms with E-state index in [0.717, 1.165) is 0 Å². The van der Waals surface area contributed by atoms with Gasteiger partial charge in [0.1, 0.15) is 16.8 Å². The van der Waals surface area contributed by atoms with Crippen LogP contribution in [0, 0.1) is 0 Å². The van der Waals surface area contributed by atoms with E-state index in [2.05, 4.69) is 25.6 Å². The zero-order chi connectivity index (χ0) is 22.4. The van der Waals surface area contributed by atoms with Crippen LogP contribution in [0.4, 0.5) is 16.2 Å². The van der Waals surface area contributed by atoms with Crippen LogP contribution in [0.25, 0.3) is 11.0 Å². The Morgan fingerprint density at radius 1 is 1.13 bits per heavy atom. The first-order valence-electron chi connectivity index (χ1n) is 9.26. The van der Waals surface area contributed by atoms with Crippen molar-refractivity contribution in [3.8, 4) is 5.88 Å². The average molecular weight is 466 g/mol. The highest BCUT2D eigenvalue weighted by Gasteiger charge is 2.19. The van der Waals surface area contributed by atoms with Gasteiger partial charge in [0, 0.05) is 19.8 Å². The number of carbonyl (C=O) groups is 1. The molecular formula is C20H21Cl2N5O4. The number of rotatable bonds is 8. The van der Waals surface area contributed by atoms with E-state index >= 15 is 0 Å². The standard InChI is InChI=1S/C20H21Cl2N5O4/c1-11(30-3)17-15(10-23-14-4-5-16(22)27-18(14)17)26-20(28)25-12-8-13(21)19(24-9-12)31-7-6-29-2/h4-5,8-11H,6-7H2,1-3H3,(H2,25,26,28). The number of pyridine rings is 3. The maximum absolute atomic E-state index is 12.6. The van der Waals surface area contributed by atoms with Crippen molar-refractivity contribution >= 4 is 51.6 Å². The monoisotopic (exact) mass is 465 g/mol. The molecule has 0 fully saturated rings. The minimum atomic E-state index is -0.515. The summed E-state index contributed by atoms with van der Waals surface area (Å²) in [5, 5.41) is 6.02. The second kappa shape index (κ2) is 10.5. The molecule has 0 aliphatic heterocycles. The number of methoxy groups -OCH3 is 2. The van der Waals surface area contributed by atoms with Gasteiger partial charge in [-0.1, -0.05) is 23.2 Å². The number of hydrogen-bond acceptors (Lipinski definition) is 7. The van der Waals surface area contributed by atoms with Crippen molar-refractivity contribution in [2.24, 2.45) is 0 Å². The third-order valence-electron chi connectivity index (χ3n) is 4.32. The number of hydrogen-bond donors (Lipinski definition) is 2. The van der Waals surface area contributed by atoms with Gasteiger partial charge in [-0.25, -0.2) is 14.8 Å². The Morgan fingerprint density at radius 2 is 1.94 bits per heavy atom. The molecule has 0 aliphatic carbocycles. The van der Waals surface area contributed by atoms with Crippen LogP contribution in [0.3, 0.4) is 0 Å². The van der Waals surface area contributed by atoms with Crippen LogP contribution >= 0.6 is 23.2 Å². The number of anilines is 2. The molecule has 0 saturated carbocycles. The molecule has 164 valence electrons. The number of fused-ring (bicyclic) bond motifs is 1. The number of aromatic nitrogens is 3. The smallest absolute Gasteiger partial charge is 0.323 e. The molecule has 0 aliphatic rings. The predicted octanol–water partition coefficient (Wildman–Crippen LogP) is 4.71. The molecule has 31 heavy (non-hydrogen) atoms. The fraction of sp³-hybridized carbons (Fsp3) is 0.300. The van der Waals surface area contributed by atoms with Crippen LogP contribution in [-0.4, -0.2) is 48.4 Å². The van der Waals surface area contributed by atoms with Crippen LogP contribution in [0.2, 0.25) is 10.2 Å². The normalized spacial score (nSPS) is 11.9. The average Bonchev–Trinajstić information content (AvgIpc) is 2.74. The van der Waals surface area contributed by atoms with E-state index in [9.17, 15) is 4.79 Å².